The zero-order valence-corrected chi connectivity index (χ0v) is 20.1. The lowest BCUT2D eigenvalue weighted by molar-refractivity contribution is -0.116. The van der Waals surface area contributed by atoms with E-state index in [1.807, 2.05) is 19.1 Å². The number of methoxy groups -OCH3 is 1. The van der Waals surface area contributed by atoms with E-state index >= 15 is 0 Å². The highest BCUT2D eigenvalue weighted by Gasteiger charge is 2.27. The number of sulfonamides is 1. The average molecular weight is 473 g/mol. The fourth-order valence-electron chi connectivity index (χ4n) is 3.68. The summed E-state index contributed by atoms with van der Waals surface area (Å²) in [7, 11) is -2.00. The van der Waals surface area contributed by atoms with Crippen LogP contribution in [-0.2, 0) is 21.4 Å². The van der Waals surface area contributed by atoms with E-state index in [9.17, 15) is 13.2 Å². The SMILES string of the molecule is CCCOc1ccc(/C=C/C(=O)NCc2ccccc2S(=O)(=O)N2CCCCC2)cc1OC. The van der Waals surface area contributed by atoms with Gasteiger partial charge in [0.25, 0.3) is 0 Å². The van der Waals surface area contributed by atoms with Crippen molar-refractivity contribution in [1.29, 1.82) is 0 Å². The van der Waals surface area contributed by atoms with Gasteiger partial charge in [0.05, 0.1) is 18.6 Å². The number of ether oxygens (including phenoxy) is 2. The zero-order chi connectivity index (χ0) is 23.7. The summed E-state index contributed by atoms with van der Waals surface area (Å²) in [6.45, 7) is 3.83. The van der Waals surface area contributed by atoms with Crippen LogP contribution in [-0.4, -0.2) is 45.4 Å². The monoisotopic (exact) mass is 472 g/mol. The van der Waals surface area contributed by atoms with E-state index in [1.165, 1.54) is 6.08 Å². The maximum absolute atomic E-state index is 13.1. The first-order valence-corrected chi connectivity index (χ1v) is 12.7. The largest absolute Gasteiger partial charge is 0.493 e. The Morgan fingerprint density at radius 2 is 1.85 bits per heavy atom. The quantitative estimate of drug-likeness (QED) is 0.529. The zero-order valence-electron chi connectivity index (χ0n) is 19.2. The molecule has 3 rings (SSSR count). The number of carbonyl (C=O) groups is 1. The maximum atomic E-state index is 13.1. The van der Waals surface area contributed by atoms with E-state index in [0.717, 1.165) is 31.2 Å². The molecule has 33 heavy (non-hydrogen) atoms. The predicted molar refractivity (Wildman–Crippen MR) is 129 cm³/mol. The van der Waals surface area contributed by atoms with Gasteiger partial charge >= 0.3 is 0 Å². The van der Waals surface area contributed by atoms with Crippen molar-refractivity contribution in [3.05, 3.63) is 59.7 Å². The van der Waals surface area contributed by atoms with Crippen LogP contribution in [0.25, 0.3) is 6.08 Å². The lowest BCUT2D eigenvalue weighted by atomic mass is 10.2. The van der Waals surface area contributed by atoms with Crippen LogP contribution in [0.5, 0.6) is 11.5 Å². The summed E-state index contributed by atoms with van der Waals surface area (Å²) in [5, 5.41) is 2.79. The second kappa shape index (κ2) is 11.9. The number of nitrogens with zero attached hydrogens (tertiary/aromatic N) is 1. The Kier molecular flexibility index (Phi) is 8.91. The van der Waals surface area contributed by atoms with Crippen LogP contribution < -0.4 is 14.8 Å². The van der Waals surface area contributed by atoms with Gasteiger partial charge in [0, 0.05) is 25.7 Å². The first kappa shape index (κ1) is 24.8. The summed E-state index contributed by atoms with van der Waals surface area (Å²) in [4.78, 5) is 12.7. The Bertz CT molecular complexity index is 1080. The lowest BCUT2D eigenvalue weighted by Crippen LogP contribution is -2.36. The summed E-state index contributed by atoms with van der Waals surface area (Å²) in [6, 6.07) is 12.3. The van der Waals surface area contributed by atoms with Gasteiger partial charge in [-0.15, -0.1) is 0 Å². The molecule has 1 N–H and O–H groups in total. The van der Waals surface area contributed by atoms with E-state index in [4.69, 9.17) is 9.47 Å². The Hall–Kier alpha value is -2.84. The van der Waals surface area contributed by atoms with Crippen LogP contribution >= 0.6 is 0 Å². The molecule has 0 radical (unpaired) electrons. The molecule has 0 saturated carbocycles. The molecule has 0 aliphatic carbocycles. The Balaban J connectivity index is 1.65. The van der Waals surface area contributed by atoms with Crippen LogP contribution in [0.4, 0.5) is 0 Å². The number of piperidine rings is 1. The van der Waals surface area contributed by atoms with Gasteiger partial charge in [-0.2, -0.15) is 4.31 Å². The van der Waals surface area contributed by atoms with E-state index < -0.39 is 10.0 Å². The Morgan fingerprint density at radius 3 is 2.58 bits per heavy atom. The van der Waals surface area contributed by atoms with Gasteiger partial charge in [-0.3, -0.25) is 4.79 Å². The van der Waals surface area contributed by atoms with Crippen molar-refractivity contribution in [2.75, 3.05) is 26.8 Å². The van der Waals surface area contributed by atoms with Crippen LogP contribution in [0.1, 0.15) is 43.7 Å². The number of hydrogen-bond acceptors (Lipinski definition) is 5. The number of benzene rings is 2. The van der Waals surface area contributed by atoms with Crippen molar-refractivity contribution < 1.29 is 22.7 Å². The molecule has 1 aliphatic heterocycles. The molecule has 1 amide bonds. The van der Waals surface area contributed by atoms with Crippen LogP contribution in [0.2, 0.25) is 0 Å². The van der Waals surface area contributed by atoms with Gasteiger partial charge in [-0.1, -0.05) is 37.6 Å². The molecular weight excluding hydrogens is 440 g/mol. The highest BCUT2D eigenvalue weighted by molar-refractivity contribution is 7.89. The fourth-order valence-corrected chi connectivity index (χ4v) is 5.42. The molecule has 0 spiro atoms. The molecule has 0 bridgehead atoms. The molecule has 0 atom stereocenters. The number of rotatable bonds is 10. The molecular formula is C25H32N2O5S. The van der Waals surface area contributed by atoms with Gasteiger partial charge < -0.3 is 14.8 Å². The summed E-state index contributed by atoms with van der Waals surface area (Å²) in [5.41, 5.74) is 1.36. The van der Waals surface area contributed by atoms with Crippen LogP contribution in [0, 0.1) is 0 Å². The number of carbonyl (C=O) groups excluding carboxylic acids is 1. The first-order valence-electron chi connectivity index (χ1n) is 11.3. The predicted octanol–water partition coefficient (Wildman–Crippen LogP) is 3.99. The van der Waals surface area contributed by atoms with Gasteiger partial charge in [0.15, 0.2) is 11.5 Å². The van der Waals surface area contributed by atoms with Gasteiger partial charge in [-0.05, 0) is 54.7 Å². The smallest absolute Gasteiger partial charge is 0.244 e. The molecule has 8 heteroatoms. The summed E-state index contributed by atoms with van der Waals surface area (Å²) in [5.74, 6) is 0.945. The highest BCUT2D eigenvalue weighted by atomic mass is 32.2. The van der Waals surface area contributed by atoms with Crippen molar-refractivity contribution in [3.63, 3.8) is 0 Å². The summed E-state index contributed by atoms with van der Waals surface area (Å²) in [6.07, 6.45) is 6.80. The molecule has 0 unspecified atom stereocenters. The van der Waals surface area contributed by atoms with Gasteiger partial charge in [-0.25, -0.2) is 8.42 Å². The molecule has 2 aromatic rings. The number of nitrogens with one attached hydrogen (secondary N) is 1. The third-order valence-electron chi connectivity index (χ3n) is 5.44. The third kappa shape index (κ3) is 6.58. The van der Waals surface area contributed by atoms with Crippen LogP contribution in [0.3, 0.4) is 0 Å². The molecule has 7 nitrogen and oxygen atoms in total. The van der Waals surface area contributed by atoms with Crippen molar-refractivity contribution >= 4 is 22.0 Å². The standard InChI is InChI=1S/C25H32N2O5S/c1-3-17-32-22-13-11-20(18-23(22)31-2)12-14-25(28)26-19-21-9-5-6-10-24(21)33(29,30)27-15-7-4-8-16-27/h5-6,9-14,18H,3-4,7-8,15-17,19H2,1-2H3,(H,26,28)/b14-12+. The summed E-state index contributed by atoms with van der Waals surface area (Å²) >= 11 is 0. The van der Waals surface area contributed by atoms with Gasteiger partial charge in [0.2, 0.25) is 15.9 Å². The number of amides is 1. The molecule has 2 aromatic carbocycles. The van der Waals surface area contributed by atoms with Crippen molar-refractivity contribution in [2.24, 2.45) is 0 Å². The Labute approximate surface area is 196 Å². The van der Waals surface area contributed by atoms with Gasteiger partial charge in [0.1, 0.15) is 0 Å². The Morgan fingerprint density at radius 1 is 1.09 bits per heavy atom. The molecule has 1 aliphatic rings. The maximum Gasteiger partial charge on any atom is 0.244 e. The van der Waals surface area contributed by atoms with E-state index in [0.29, 0.717) is 36.8 Å². The summed E-state index contributed by atoms with van der Waals surface area (Å²) < 4.78 is 38.7. The highest BCUT2D eigenvalue weighted by Crippen LogP contribution is 2.28. The molecule has 0 aromatic heterocycles. The van der Waals surface area contributed by atoms with Crippen molar-refractivity contribution in [3.8, 4) is 11.5 Å². The second-order valence-electron chi connectivity index (χ2n) is 7.88. The lowest BCUT2D eigenvalue weighted by Gasteiger charge is -2.26. The van der Waals surface area contributed by atoms with E-state index in [2.05, 4.69) is 5.32 Å². The van der Waals surface area contributed by atoms with Crippen molar-refractivity contribution in [2.45, 2.75) is 44.0 Å². The number of hydrogen-bond donors (Lipinski definition) is 1. The topological polar surface area (TPSA) is 84.9 Å². The van der Waals surface area contributed by atoms with Crippen molar-refractivity contribution in [1.82, 2.24) is 9.62 Å². The minimum Gasteiger partial charge on any atom is -0.493 e. The molecule has 1 saturated heterocycles. The minimum absolute atomic E-state index is 0.125. The van der Waals surface area contributed by atoms with Crippen LogP contribution in [0.15, 0.2) is 53.4 Å². The third-order valence-corrected chi connectivity index (χ3v) is 7.43. The first-order chi connectivity index (χ1) is 16.0. The fraction of sp³-hybridized carbons (Fsp3) is 0.400. The molecule has 1 fully saturated rings. The molecule has 1 heterocycles. The second-order valence-corrected chi connectivity index (χ2v) is 9.79. The van der Waals surface area contributed by atoms with E-state index in [-0.39, 0.29) is 17.3 Å². The van der Waals surface area contributed by atoms with E-state index in [1.54, 1.807) is 47.8 Å². The minimum atomic E-state index is -3.58. The molecule has 178 valence electrons. The normalized spacial score (nSPS) is 14.8. The average Bonchev–Trinajstić information content (AvgIpc) is 2.85.